The number of hydrogen-bond donors (Lipinski definition) is 2. The predicted octanol–water partition coefficient (Wildman–Crippen LogP) is 0.951. The number of benzene rings is 1. The monoisotopic (exact) mass is 303 g/mol. The normalized spacial score (nSPS) is 11.3. The van der Waals surface area contributed by atoms with Crippen LogP contribution in [0, 0.1) is 10.1 Å². The van der Waals surface area contributed by atoms with Gasteiger partial charge in [-0.2, -0.15) is 0 Å². The lowest BCUT2D eigenvalue weighted by Crippen LogP contribution is -2.26. The third kappa shape index (κ3) is 3.89. The Morgan fingerprint density at radius 3 is 2.65 bits per heavy atom. The summed E-state index contributed by atoms with van der Waals surface area (Å²) in [6.45, 7) is 0.554. The van der Waals surface area contributed by atoms with Crippen molar-refractivity contribution in [1.29, 1.82) is 0 Å². The molecule has 1 aromatic rings. The zero-order valence-electron chi connectivity index (χ0n) is 11.3. The van der Waals surface area contributed by atoms with E-state index in [1.807, 2.05) is 0 Å². The molecule has 0 atom stereocenters. The molecule has 0 bridgehead atoms. The second kappa shape index (κ2) is 7.17. The van der Waals surface area contributed by atoms with Crippen LogP contribution >= 0.6 is 0 Å². The second-order valence-electron chi connectivity index (χ2n) is 3.90. The molecule has 0 fully saturated rings. The minimum Gasteiger partial charge on any atom is -0.385 e. The van der Waals surface area contributed by atoms with Crippen LogP contribution in [0.4, 0.5) is 11.4 Å². The Kier molecular flexibility index (Phi) is 5.86. The number of sulfonamides is 1. The molecule has 0 saturated heterocycles. The standard InChI is InChI=1S/C11H17N3O5S/c1-12-9-5-3-6-10(11(9)14(15)16)20(17,18)13-7-4-8-19-2/h3,5-6,12-13H,4,7-8H2,1-2H3. The minimum atomic E-state index is -3.94. The van der Waals surface area contributed by atoms with Crippen molar-refractivity contribution in [2.75, 3.05) is 32.6 Å². The highest BCUT2D eigenvalue weighted by Gasteiger charge is 2.28. The summed E-state index contributed by atoms with van der Waals surface area (Å²) in [5.74, 6) is 0. The number of nitrogens with zero attached hydrogens (tertiary/aromatic N) is 1. The highest BCUT2D eigenvalue weighted by atomic mass is 32.2. The lowest BCUT2D eigenvalue weighted by molar-refractivity contribution is -0.386. The van der Waals surface area contributed by atoms with Gasteiger partial charge in [0.15, 0.2) is 4.90 Å². The molecule has 0 radical (unpaired) electrons. The summed E-state index contributed by atoms with van der Waals surface area (Å²) in [6.07, 6.45) is 0.481. The molecule has 0 spiro atoms. The SMILES string of the molecule is CNc1cccc(S(=O)(=O)NCCCOC)c1[N+](=O)[O-]. The first-order valence-corrected chi connectivity index (χ1v) is 7.36. The largest absolute Gasteiger partial charge is 0.385 e. The van der Waals surface area contributed by atoms with Gasteiger partial charge in [0.25, 0.3) is 0 Å². The molecule has 0 unspecified atom stereocenters. The van der Waals surface area contributed by atoms with Crippen LogP contribution in [0.1, 0.15) is 6.42 Å². The lowest BCUT2D eigenvalue weighted by atomic mass is 10.3. The Morgan fingerprint density at radius 1 is 1.40 bits per heavy atom. The summed E-state index contributed by atoms with van der Waals surface area (Å²) in [5, 5.41) is 13.7. The van der Waals surface area contributed by atoms with Crippen molar-refractivity contribution >= 4 is 21.4 Å². The molecule has 0 amide bonds. The summed E-state index contributed by atoms with van der Waals surface area (Å²) < 4.78 is 31.3. The third-order valence-electron chi connectivity index (χ3n) is 2.56. The van der Waals surface area contributed by atoms with Gasteiger partial charge < -0.3 is 10.1 Å². The van der Waals surface area contributed by atoms with Gasteiger partial charge in [0.1, 0.15) is 5.69 Å². The van der Waals surface area contributed by atoms with Gasteiger partial charge in [-0.05, 0) is 18.6 Å². The molecule has 1 rings (SSSR count). The van der Waals surface area contributed by atoms with E-state index in [1.165, 1.54) is 32.4 Å². The van der Waals surface area contributed by atoms with Crippen LogP contribution in [-0.2, 0) is 14.8 Å². The van der Waals surface area contributed by atoms with E-state index < -0.39 is 20.6 Å². The van der Waals surface area contributed by atoms with Gasteiger partial charge in [-0.15, -0.1) is 0 Å². The predicted molar refractivity (Wildman–Crippen MR) is 74.3 cm³/mol. The van der Waals surface area contributed by atoms with Gasteiger partial charge in [-0.1, -0.05) is 6.07 Å². The van der Waals surface area contributed by atoms with Crippen LogP contribution in [-0.4, -0.2) is 40.7 Å². The van der Waals surface area contributed by atoms with E-state index in [2.05, 4.69) is 10.0 Å². The van der Waals surface area contributed by atoms with Gasteiger partial charge in [0, 0.05) is 27.3 Å². The van der Waals surface area contributed by atoms with E-state index in [4.69, 9.17) is 4.74 Å². The topological polar surface area (TPSA) is 111 Å². The molecule has 9 heteroatoms. The average Bonchev–Trinajstić information content (AvgIpc) is 2.42. The zero-order valence-corrected chi connectivity index (χ0v) is 12.1. The molecule has 1 aromatic carbocycles. The van der Waals surface area contributed by atoms with E-state index in [0.29, 0.717) is 13.0 Å². The van der Waals surface area contributed by atoms with E-state index >= 15 is 0 Å². The molecule has 0 heterocycles. The molecular formula is C11H17N3O5S. The van der Waals surface area contributed by atoms with Crippen LogP contribution in [0.2, 0.25) is 0 Å². The fraction of sp³-hybridized carbons (Fsp3) is 0.455. The van der Waals surface area contributed by atoms with E-state index in [9.17, 15) is 18.5 Å². The van der Waals surface area contributed by atoms with Gasteiger partial charge >= 0.3 is 5.69 Å². The van der Waals surface area contributed by atoms with Gasteiger partial charge in [-0.3, -0.25) is 10.1 Å². The zero-order chi connectivity index (χ0) is 15.2. The summed E-state index contributed by atoms with van der Waals surface area (Å²) >= 11 is 0. The number of ether oxygens (including phenoxy) is 1. The van der Waals surface area contributed by atoms with E-state index in [0.717, 1.165) is 0 Å². The molecule has 112 valence electrons. The van der Waals surface area contributed by atoms with Crippen LogP contribution in [0.15, 0.2) is 23.1 Å². The molecule has 0 aliphatic rings. The maximum absolute atomic E-state index is 12.1. The Morgan fingerprint density at radius 2 is 2.10 bits per heavy atom. The first-order valence-electron chi connectivity index (χ1n) is 5.87. The molecule has 0 aliphatic heterocycles. The summed E-state index contributed by atoms with van der Waals surface area (Å²) in [5.41, 5.74) is -0.316. The van der Waals surface area contributed by atoms with Crippen molar-refractivity contribution in [3.05, 3.63) is 28.3 Å². The second-order valence-corrected chi connectivity index (χ2v) is 5.64. The molecule has 8 nitrogen and oxygen atoms in total. The quantitative estimate of drug-likeness (QED) is 0.420. The van der Waals surface area contributed by atoms with Gasteiger partial charge in [0.05, 0.1) is 4.92 Å². The fourth-order valence-corrected chi connectivity index (χ4v) is 2.90. The number of rotatable bonds is 8. The first-order chi connectivity index (χ1) is 9.44. The lowest BCUT2D eigenvalue weighted by Gasteiger charge is -2.09. The van der Waals surface area contributed by atoms with E-state index in [1.54, 1.807) is 0 Å². The Balaban J connectivity index is 3.08. The number of hydrogen-bond acceptors (Lipinski definition) is 6. The molecule has 2 N–H and O–H groups in total. The maximum Gasteiger partial charge on any atom is 0.312 e. The van der Waals surface area contributed by atoms with Crippen LogP contribution in [0.3, 0.4) is 0 Å². The van der Waals surface area contributed by atoms with Crippen LogP contribution in [0.25, 0.3) is 0 Å². The van der Waals surface area contributed by atoms with Crippen molar-refractivity contribution < 1.29 is 18.1 Å². The summed E-state index contributed by atoms with van der Waals surface area (Å²) in [4.78, 5) is 10.0. The Hall–Kier alpha value is -1.71. The molecule has 0 aromatic heterocycles. The first kappa shape index (κ1) is 16.3. The van der Waals surface area contributed by atoms with Crippen molar-refractivity contribution in [1.82, 2.24) is 4.72 Å². The average molecular weight is 303 g/mol. The third-order valence-corrected chi connectivity index (χ3v) is 4.05. The van der Waals surface area contributed by atoms with Crippen molar-refractivity contribution in [2.24, 2.45) is 0 Å². The number of methoxy groups -OCH3 is 1. The summed E-state index contributed by atoms with van der Waals surface area (Å²) in [6, 6.07) is 4.10. The van der Waals surface area contributed by atoms with E-state index in [-0.39, 0.29) is 17.1 Å². The Labute approximate surface area is 117 Å². The number of para-hydroxylation sites is 1. The molecular weight excluding hydrogens is 286 g/mol. The number of nitro benzene ring substituents is 1. The molecule has 20 heavy (non-hydrogen) atoms. The molecule has 0 aliphatic carbocycles. The number of anilines is 1. The van der Waals surface area contributed by atoms with Crippen molar-refractivity contribution in [2.45, 2.75) is 11.3 Å². The van der Waals surface area contributed by atoms with Crippen LogP contribution < -0.4 is 10.0 Å². The number of nitro groups is 1. The smallest absolute Gasteiger partial charge is 0.312 e. The highest BCUT2D eigenvalue weighted by Crippen LogP contribution is 2.31. The maximum atomic E-state index is 12.1. The van der Waals surface area contributed by atoms with Crippen LogP contribution in [0.5, 0.6) is 0 Å². The minimum absolute atomic E-state index is 0.148. The van der Waals surface area contributed by atoms with Crippen molar-refractivity contribution in [3.8, 4) is 0 Å². The van der Waals surface area contributed by atoms with Gasteiger partial charge in [0.2, 0.25) is 10.0 Å². The Bertz CT molecular complexity index is 573. The highest BCUT2D eigenvalue weighted by molar-refractivity contribution is 7.89. The summed E-state index contributed by atoms with van der Waals surface area (Å²) in [7, 11) is -0.936. The van der Waals surface area contributed by atoms with Gasteiger partial charge in [-0.25, -0.2) is 13.1 Å². The number of nitrogens with one attached hydrogen (secondary N) is 2. The fourth-order valence-electron chi connectivity index (χ4n) is 1.63. The molecule has 0 saturated carbocycles. The van der Waals surface area contributed by atoms with Crippen molar-refractivity contribution in [3.63, 3.8) is 0 Å².